The van der Waals surface area contributed by atoms with Crippen molar-refractivity contribution in [2.75, 3.05) is 6.61 Å². The molecule has 0 aliphatic carbocycles. The highest BCUT2D eigenvalue weighted by atomic mass is 35.5. The largest absolute Gasteiger partial charge is 0.493 e. The molecule has 0 saturated carbocycles. The van der Waals surface area contributed by atoms with E-state index in [0.29, 0.717) is 46.0 Å². The second kappa shape index (κ2) is 7.17. The lowest BCUT2D eigenvalue weighted by Gasteiger charge is -2.38. The van der Waals surface area contributed by atoms with Crippen LogP contribution in [0.25, 0.3) is 10.9 Å². The summed E-state index contributed by atoms with van der Waals surface area (Å²) in [4.78, 5) is 6.93. The smallest absolute Gasteiger partial charge is 0.417 e. The van der Waals surface area contributed by atoms with Gasteiger partial charge in [-0.2, -0.15) is 13.2 Å². The SMILES string of the molecule is CC(C)(CC(O)(Cc1cc2cnccc2[nH]1)C(F)(F)F)c1cc(Cl)cc2c1OCC2. The van der Waals surface area contributed by atoms with E-state index in [1.54, 1.807) is 50.5 Å². The molecular formula is C22H22ClF3N2O2. The van der Waals surface area contributed by atoms with Crippen molar-refractivity contribution in [3.05, 3.63) is 58.5 Å². The van der Waals surface area contributed by atoms with Gasteiger partial charge < -0.3 is 14.8 Å². The van der Waals surface area contributed by atoms with Crippen LogP contribution in [-0.2, 0) is 18.3 Å². The van der Waals surface area contributed by atoms with E-state index in [9.17, 15) is 18.3 Å². The Kier molecular flexibility index (Phi) is 5.02. The van der Waals surface area contributed by atoms with E-state index in [-0.39, 0.29) is 0 Å². The minimum atomic E-state index is -4.83. The van der Waals surface area contributed by atoms with Crippen molar-refractivity contribution in [2.45, 2.75) is 50.3 Å². The standard InChI is InChI=1S/C22H22ClF3N2O2/c1-20(2,17-9-15(23)7-13-4-6-30-19(13)17)12-21(29,22(24,25)26)10-16-8-14-11-27-5-3-18(14)28-16/h3,5,7-9,11,28-29H,4,6,10,12H2,1-2H3. The van der Waals surface area contributed by atoms with Crippen LogP contribution in [0.2, 0.25) is 5.02 Å². The maximum atomic E-state index is 14.1. The fraction of sp³-hybridized carbons (Fsp3) is 0.409. The molecule has 4 rings (SSSR count). The normalized spacial score (nSPS) is 16.4. The average Bonchev–Trinajstić information content (AvgIpc) is 3.24. The molecule has 3 aromatic rings. The highest BCUT2D eigenvalue weighted by Crippen LogP contribution is 2.47. The minimum absolute atomic E-state index is 0.293. The van der Waals surface area contributed by atoms with Crippen LogP contribution in [-0.4, -0.2) is 33.5 Å². The highest BCUT2D eigenvalue weighted by Gasteiger charge is 2.56. The summed E-state index contributed by atoms with van der Waals surface area (Å²) in [5.74, 6) is 0.575. The lowest BCUT2D eigenvalue weighted by molar-refractivity contribution is -0.266. The first-order valence-corrected chi connectivity index (χ1v) is 10.0. The summed E-state index contributed by atoms with van der Waals surface area (Å²) in [6, 6.07) is 6.68. The number of aromatic amines is 1. The van der Waals surface area contributed by atoms with Crippen LogP contribution in [0.5, 0.6) is 5.75 Å². The zero-order valence-electron chi connectivity index (χ0n) is 16.6. The molecule has 2 aromatic heterocycles. The van der Waals surface area contributed by atoms with Gasteiger partial charge in [-0.05, 0) is 41.7 Å². The van der Waals surface area contributed by atoms with Crippen LogP contribution < -0.4 is 4.74 Å². The van der Waals surface area contributed by atoms with Gasteiger partial charge in [0.1, 0.15) is 5.75 Å². The van der Waals surface area contributed by atoms with Crippen molar-refractivity contribution in [1.82, 2.24) is 9.97 Å². The summed E-state index contributed by atoms with van der Waals surface area (Å²) in [5, 5.41) is 12.0. The van der Waals surface area contributed by atoms with Gasteiger partial charge in [0.05, 0.1) is 6.61 Å². The third kappa shape index (κ3) is 3.76. The highest BCUT2D eigenvalue weighted by molar-refractivity contribution is 6.30. The Morgan fingerprint density at radius 2 is 2.00 bits per heavy atom. The lowest BCUT2D eigenvalue weighted by Crippen LogP contribution is -2.51. The van der Waals surface area contributed by atoms with Gasteiger partial charge in [0.2, 0.25) is 0 Å². The summed E-state index contributed by atoms with van der Waals surface area (Å²) >= 11 is 6.22. The van der Waals surface area contributed by atoms with Crippen LogP contribution >= 0.6 is 11.6 Å². The van der Waals surface area contributed by atoms with Crippen molar-refractivity contribution in [3.63, 3.8) is 0 Å². The number of nitrogens with one attached hydrogen (secondary N) is 1. The Hall–Kier alpha value is -2.25. The van der Waals surface area contributed by atoms with E-state index in [1.165, 1.54) is 0 Å². The second-order valence-electron chi connectivity index (χ2n) is 8.56. The zero-order valence-corrected chi connectivity index (χ0v) is 17.4. The molecule has 1 aliphatic heterocycles. The molecule has 1 aliphatic rings. The molecule has 4 nitrogen and oxygen atoms in total. The molecule has 3 heterocycles. The van der Waals surface area contributed by atoms with Gasteiger partial charge in [-0.25, -0.2) is 0 Å². The van der Waals surface area contributed by atoms with Crippen molar-refractivity contribution in [3.8, 4) is 5.75 Å². The molecule has 0 fully saturated rings. The summed E-state index contributed by atoms with van der Waals surface area (Å²) in [6.45, 7) is 3.81. The summed E-state index contributed by atoms with van der Waals surface area (Å²) in [7, 11) is 0. The number of nitrogens with zero attached hydrogens (tertiary/aromatic N) is 1. The Labute approximate surface area is 177 Å². The fourth-order valence-corrected chi connectivity index (χ4v) is 4.54. The van der Waals surface area contributed by atoms with Gasteiger partial charge in [0.15, 0.2) is 5.60 Å². The van der Waals surface area contributed by atoms with E-state index >= 15 is 0 Å². The molecule has 0 radical (unpaired) electrons. The van der Waals surface area contributed by atoms with Crippen LogP contribution in [0.1, 0.15) is 37.1 Å². The number of rotatable bonds is 5. The molecule has 0 saturated heterocycles. The first-order valence-electron chi connectivity index (χ1n) is 9.65. The van der Waals surface area contributed by atoms with Crippen LogP contribution in [0.15, 0.2) is 36.7 Å². The predicted molar refractivity (Wildman–Crippen MR) is 109 cm³/mol. The summed E-state index contributed by atoms with van der Waals surface area (Å²) < 4.78 is 48.0. The Bertz CT molecular complexity index is 1060. The Morgan fingerprint density at radius 1 is 1.23 bits per heavy atom. The zero-order chi connectivity index (χ0) is 21.7. The molecule has 8 heteroatoms. The number of alkyl halides is 3. The van der Waals surface area contributed by atoms with Gasteiger partial charge >= 0.3 is 6.18 Å². The molecule has 0 bridgehead atoms. The second-order valence-corrected chi connectivity index (χ2v) is 9.00. The van der Waals surface area contributed by atoms with E-state index in [4.69, 9.17) is 16.3 Å². The Balaban J connectivity index is 1.71. The number of benzene rings is 1. The minimum Gasteiger partial charge on any atom is -0.493 e. The third-order valence-electron chi connectivity index (χ3n) is 5.70. The van der Waals surface area contributed by atoms with E-state index in [2.05, 4.69) is 9.97 Å². The summed E-state index contributed by atoms with van der Waals surface area (Å²) in [5.41, 5.74) is -1.57. The number of halogens is 4. The van der Waals surface area contributed by atoms with E-state index in [0.717, 1.165) is 5.56 Å². The van der Waals surface area contributed by atoms with Crippen LogP contribution in [0.3, 0.4) is 0 Å². The van der Waals surface area contributed by atoms with Crippen molar-refractivity contribution >= 4 is 22.5 Å². The predicted octanol–water partition coefficient (Wildman–Crippen LogP) is 5.36. The van der Waals surface area contributed by atoms with Gasteiger partial charge in [-0.1, -0.05) is 25.4 Å². The van der Waals surface area contributed by atoms with Crippen molar-refractivity contribution in [1.29, 1.82) is 0 Å². The molecular weight excluding hydrogens is 417 g/mol. The number of ether oxygens (including phenoxy) is 1. The lowest BCUT2D eigenvalue weighted by atomic mass is 9.73. The number of aromatic nitrogens is 2. The van der Waals surface area contributed by atoms with Crippen LogP contribution in [0.4, 0.5) is 13.2 Å². The number of fused-ring (bicyclic) bond motifs is 2. The average molecular weight is 439 g/mol. The van der Waals surface area contributed by atoms with Gasteiger partial charge in [0.25, 0.3) is 0 Å². The number of hydrogen-bond acceptors (Lipinski definition) is 3. The first-order chi connectivity index (χ1) is 14.0. The summed E-state index contributed by atoms with van der Waals surface area (Å²) in [6.07, 6.45) is -2.20. The van der Waals surface area contributed by atoms with Gasteiger partial charge in [-0.3, -0.25) is 4.98 Å². The molecule has 1 unspecified atom stereocenters. The quantitative estimate of drug-likeness (QED) is 0.564. The van der Waals surface area contributed by atoms with Gasteiger partial charge in [-0.15, -0.1) is 0 Å². The topological polar surface area (TPSA) is 58.1 Å². The molecule has 2 N–H and O–H groups in total. The third-order valence-corrected chi connectivity index (χ3v) is 5.92. The fourth-order valence-electron chi connectivity index (χ4n) is 4.30. The van der Waals surface area contributed by atoms with E-state index in [1.807, 2.05) is 0 Å². The molecule has 160 valence electrons. The monoisotopic (exact) mass is 438 g/mol. The van der Waals surface area contributed by atoms with Crippen LogP contribution in [0, 0.1) is 0 Å². The number of pyridine rings is 1. The Morgan fingerprint density at radius 3 is 2.70 bits per heavy atom. The van der Waals surface area contributed by atoms with Crippen molar-refractivity contribution in [2.24, 2.45) is 0 Å². The van der Waals surface area contributed by atoms with Crippen molar-refractivity contribution < 1.29 is 23.0 Å². The number of H-pyrrole nitrogens is 1. The maximum Gasteiger partial charge on any atom is 0.417 e. The molecule has 1 atom stereocenters. The molecule has 1 aromatic carbocycles. The molecule has 30 heavy (non-hydrogen) atoms. The molecule has 0 spiro atoms. The van der Waals surface area contributed by atoms with Gasteiger partial charge in [0, 0.05) is 52.4 Å². The number of hydrogen-bond donors (Lipinski definition) is 2. The number of aliphatic hydroxyl groups is 1. The van der Waals surface area contributed by atoms with E-state index < -0.39 is 30.0 Å². The first kappa shape index (κ1) is 21.0. The maximum absolute atomic E-state index is 14.1. The molecule has 0 amide bonds.